The molecule has 1 unspecified atom stereocenters. The van der Waals surface area contributed by atoms with E-state index >= 15 is 0 Å². The van der Waals surface area contributed by atoms with Crippen LogP contribution >= 0.6 is 0 Å². The Hall–Kier alpha value is -1.82. The smallest absolute Gasteiger partial charge is 0.220 e. The Morgan fingerprint density at radius 2 is 1.89 bits per heavy atom. The minimum absolute atomic E-state index is 0.0163. The molecule has 0 saturated carbocycles. The maximum atomic E-state index is 11.7. The van der Waals surface area contributed by atoms with Crippen molar-refractivity contribution in [2.24, 2.45) is 5.92 Å². The van der Waals surface area contributed by atoms with Crippen molar-refractivity contribution in [3.63, 3.8) is 0 Å². The van der Waals surface area contributed by atoms with Crippen molar-refractivity contribution in [2.75, 3.05) is 0 Å². The first-order valence-electron chi connectivity index (χ1n) is 6.32. The number of rotatable bonds is 5. The molecule has 96 valence electrons. The third kappa shape index (κ3) is 4.58. The molecule has 1 amide bonds. The molecule has 1 N–H and O–H groups in total. The summed E-state index contributed by atoms with van der Waals surface area (Å²) in [5.74, 6) is 0.626. The van der Waals surface area contributed by atoms with Crippen LogP contribution in [-0.2, 0) is 4.79 Å². The second-order valence-electron chi connectivity index (χ2n) is 4.96. The molecular formula is C15H20N2O. The van der Waals surface area contributed by atoms with E-state index in [-0.39, 0.29) is 11.9 Å². The van der Waals surface area contributed by atoms with Crippen molar-refractivity contribution >= 4 is 5.91 Å². The molecule has 0 radical (unpaired) electrons. The SMILES string of the molecule is CC(C)CCC(=O)NC(C)c1ccc(C#N)cc1. The zero-order valence-corrected chi connectivity index (χ0v) is 11.2. The Morgan fingerprint density at radius 1 is 1.28 bits per heavy atom. The van der Waals surface area contributed by atoms with Crippen LogP contribution in [-0.4, -0.2) is 5.91 Å². The Labute approximate surface area is 109 Å². The number of amides is 1. The number of nitrogens with one attached hydrogen (secondary N) is 1. The molecule has 0 aliphatic heterocycles. The van der Waals surface area contributed by atoms with Crippen molar-refractivity contribution in [1.82, 2.24) is 5.32 Å². The third-order valence-corrected chi connectivity index (χ3v) is 2.87. The van der Waals surface area contributed by atoms with E-state index in [1.54, 1.807) is 12.1 Å². The lowest BCUT2D eigenvalue weighted by Crippen LogP contribution is -2.26. The molecule has 0 bridgehead atoms. The van der Waals surface area contributed by atoms with Gasteiger partial charge in [0.05, 0.1) is 17.7 Å². The number of nitrogens with zero attached hydrogens (tertiary/aromatic N) is 1. The summed E-state index contributed by atoms with van der Waals surface area (Å²) in [6.07, 6.45) is 1.48. The summed E-state index contributed by atoms with van der Waals surface area (Å²) < 4.78 is 0. The first-order chi connectivity index (χ1) is 8.52. The van der Waals surface area contributed by atoms with E-state index in [1.165, 1.54) is 0 Å². The Bertz CT molecular complexity index is 429. The van der Waals surface area contributed by atoms with Crippen molar-refractivity contribution in [1.29, 1.82) is 5.26 Å². The molecule has 1 aromatic rings. The summed E-state index contributed by atoms with van der Waals surface area (Å²) in [7, 11) is 0. The van der Waals surface area contributed by atoms with Crippen LogP contribution in [0.3, 0.4) is 0 Å². The predicted molar refractivity (Wildman–Crippen MR) is 71.8 cm³/mol. The van der Waals surface area contributed by atoms with Gasteiger partial charge in [-0.1, -0.05) is 26.0 Å². The fourth-order valence-electron chi connectivity index (χ4n) is 1.66. The lowest BCUT2D eigenvalue weighted by atomic mass is 10.1. The fourth-order valence-corrected chi connectivity index (χ4v) is 1.66. The van der Waals surface area contributed by atoms with Crippen LogP contribution < -0.4 is 5.32 Å². The van der Waals surface area contributed by atoms with Gasteiger partial charge in [-0.25, -0.2) is 0 Å². The molecule has 3 nitrogen and oxygen atoms in total. The van der Waals surface area contributed by atoms with Crippen molar-refractivity contribution in [3.05, 3.63) is 35.4 Å². The Balaban J connectivity index is 2.51. The maximum absolute atomic E-state index is 11.7. The molecule has 1 atom stereocenters. The van der Waals surface area contributed by atoms with Gasteiger partial charge in [0.15, 0.2) is 0 Å². The Morgan fingerprint density at radius 3 is 2.39 bits per heavy atom. The molecule has 3 heteroatoms. The van der Waals surface area contributed by atoms with Gasteiger partial charge in [-0.2, -0.15) is 5.26 Å². The summed E-state index contributed by atoms with van der Waals surface area (Å²) in [4.78, 5) is 11.7. The number of carbonyl (C=O) groups is 1. The zero-order chi connectivity index (χ0) is 13.5. The van der Waals surface area contributed by atoms with Crippen molar-refractivity contribution in [2.45, 2.75) is 39.7 Å². The van der Waals surface area contributed by atoms with E-state index in [2.05, 4.69) is 25.2 Å². The highest BCUT2D eigenvalue weighted by molar-refractivity contribution is 5.76. The largest absolute Gasteiger partial charge is 0.350 e. The Kier molecular flexibility index (Phi) is 5.38. The first-order valence-corrected chi connectivity index (χ1v) is 6.32. The van der Waals surface area contributed by atoms with Crippen LogP contribution in [0.2, 0.25) is 0 Å². The molecule has 1 aromatic carbocycles. The van der Waals surface area contributed by atoms with Crippen LogP contribution in [0.5, 0.6) is 0 Å². The highest BCUT2D eigenvalue weighted by Gasteiger charge is 2.09. The van der Waals surface area contributed by atoms with Crippen LogP contribution in [0.15, 0.2) is 24.3 Å². The second kappa shape index (κ2) is 6.80. The van der Waals surface area contributed by atoms with E-state index in [9.17, 15) is 4.79 Å². The summed E-state index contributed by atoms with van der Waals surface area (Å²) in [5.41, 5.74) is 1.66. The summed E-state index contributed by atoms with van der Waals surface area (Å²) >= 11 is 0. The van der Waals surface area contributed by atoms with Gasteiger partial charge >= 0.3 is 0 Å². The van der Waals surface area contributed by atoms with E-state index in [0.29, 0.717) is 17.9 Å². The molecular weight excluding hydrogens is 224 g/mol. The number of hydrogen-bond acceptors (Lipinski definition) is 2. The summed E-state index contributed by atoms with van der Waals surface area (Å²) in [5, 5.41) is 11.7. The number of nitriles is 1. The van der Waals surface area contributed by atoms with Crippen LogP contribution in [0.1, 0.15) is 50.8 Å². The minimum atomic E-state index is -0.0163. The normalized spacial score (nSPS) is 11.9. The number of benzene rings is 1. The fraction of sp³-hybridized carbons (Fsp3) is 0.467. The third-order valence-electron chi connectivity index (χ3n) is 2.87. The highest BCUT2D eigenvalue weighted by Crippen LogP contribution is 2.13. The van der Waals surface area contributed by atoms with Gasteiger partial charge in [0.1, 0.15) is 0 Å². The average Bonchev–Trinajstić information content (AvgIpc) is 2.36. The standard InChI is InChI=1S/C15H20N2O/c1-11(2)4-9-15(18)17-12(3)14-7-5-13(10-16)6-8-14/h5-8,11-12H,4,9H2,1-3H3,(H,17,18). The van der Waals surface area contributed by atoms with Gasteiger partial charge in [-0.15, -0.1) is 0 Å². The second-order valence-corrected chi connectivity index (χ2v) is 4.96. The summed E-state index contributed by atoms with van der Waals surface area (Å²) in [6.45, 7) is 6.17. The van der Waals surface area contributed by atoms with Crippen LogP contribution in [0, 0.1) is 17.2 Å². The van der Waals surface area contributed by atoms with E-state index in [0.717, 1.165) is 12.0 Å². The minimum Gasteiger partial charge on any atom is -0.350 e. The van der Waals surface area contributed by atoms with Gasteiger partial charge in [0.25, 0.3) is 0 Å². The molecule has 18 heavy (non-hydrogen) atoms. The number of carbonyl (C=O) groups excluding carboxylic acids is 1. The maximum Gasteiger partial charge on any atom is 0.220 e. The van der Waals surface area contributed by atoms with Gasteiger partial charge in [-0.05, 0) is 37.0 Å². The van der Waals surface area contributed by atoms with Crippen molar-refractivity contribution in [3.8, 4) is 6.07 Å². The topological polar surface area (TPSA) is 52.9 Å². The average molecular weight is 244 g/mol. The van der Waals surface area contributed by atoms with E-state index in [4.69, 9.17) is 5.26 Å². The quantitative estimate of drug-likeness (QED) is 0.865. The number of hydrogen-bond donors (Lipinski definition) is 1. The molecule has 0 fully saturated rings. The lowest BCUT2D eigenvalue weighted by molar-refractivity contribution is -0.122. The zero-order valence-electron chi connectivity index (χ0n) is 11.2. The van der Waals surface area contributed by atoms with Crippen LogP contribution in [0.4, 0.5) is 0 Å². The van der Waals surface area contributed by atoms with Gasteiger partial charge in [-0.3, -0.25) is 4.79 Å². The summed E-state index contributed by atoms with van der Waals surface area (Å²) in [6, 6.07) is 9.36. The van der Waals surface area contributed by atoms with E-state index < -0.39 is 0 Å². The monoisotopic (exact) mass is 244 g/mol. The molecule has 0 saturated heterocycles. The van der Waals surface area contributed by atoms with Gasteiger partial charge in [0.2, 0.25) is 5.91 Å². The highest BCUT2D eigenvalue weighted by atomic mass is 16.1. The van der Waals surface area contributed by atoms with Crippen LogP contribution in [0.25, 0.3) is 0 Å². The van der Waals surface area contributed by atoms with E-state index in [1.807, 2.05) is 19.1 Å². The van der Waals surface area contributed by atoms with Crippen molar-refractivity contribution < 1.29 is 4.79 Å². The van der Waals surface area contributed by atoms with Gasteiger partial charge in [0, 0.05) is 6.42 Å². The van der Waals surface area contributed by atoms with Gasteiger partial charge < -0.3 is 5.32 Å². The molecule has 0 aliphatic carbocycles. The molecule has 0 aliphatic rings. The molecule has 0 heterocycles. The first kappa shape index (κ1) is 14.2. The lowest BCUT2D eigenvalue weighted by Gasteiger charge is -2.14. The molecule has 0 aromatic heterocycles. The predicted octanol–water partition coefficient (Wildman–Crippen LogP) is 3.17. The molecule has 0 spiro atoms. The molecule has 1 rings (SSSR count).